The van der Waals surface area contributed by atoms with Gasteiger partial charge in [-0.1, -0.05) is 49.7 Å². The summed E-state index contributed by atoms with van der Waals surface area (Å²) in [6.45, 7) is 0. The number of halogens is 2. The second-order valence-corrected chi connectivity index (χ2v) is 11.8. The summed E-state index contributed by atoms with van der Waals surface area (Å²) in [7, 11) is -3.67. The van der Waals surface area contributed by atoms with Crippen molar-refractivity contribution in [2.45, 2.75) is 15.5 Å². The molecular formula is C22H14Br2N2O5S2. The number of fused-ring (bicyclic) bond motifs is 1. The first kappa shape index (κ1) is 23.7. The number of hydrogen-bond donors (Lipinski definition) is 1. The first-order valence-corrected chi connectivity index (χ1v) is 13.4. The molecule has 0 saturated heterocycles. The Bertz CT molecular complexity index is 1400. The molecule has 1 aliphatic heterocycles. The molecule has 0 aromatic heterocycles. The monoisotopic (exact) mass is 608 g/mol. The van der Waals surface area contributed by atoms with Crippen molar-refractivity contribution in [3.63, 3.8) is 0 Å². The minimum atomic E-state index is -3.67. The molecule has 1 heterocycles. The smallest absolute Gasteiger partial charge is 0.269 e. The van der Waals surface area contributed by atoms with Crippen molar-refractivity contribution < 1.29 is 18.1 Å². The number of hydrogen-bond acceptors (Lipinski definition) is 6. The van der Waals surface area contributed by atoms with Gasteiger partial charge in [-0.05, 0) is 59.7 Å². The Hall–Kier alpha value is -2.47. The van der Waals surface area contributed by atoms with Gasteiger partial charge in [0.05, 0.1) is 26.2 Å². The quantitative estimate of drug-likeness (QED) is 0.210. The molecule has 7 nitrogen and oxygen atoms in total. The van der Waals surface area contributed by atoms with Gasteiger partial charge in [0.25, 0.3) is 11.6 Å². The normalized spacial score (nSPS) is 14.6. The predicted octanol–water partition coefficient (Wildman–Crippen LogP) is 6.18. The molecule has 33 heavy (non-hydrogen) atoms. The number of amides is 1. The minimum absolute atomic E-state index is 0.0356. The molecule has 0 spiro atoms. The highest BCUT2D eigenvalue weighted by Crippen LogP contribution is 2.40. The Balaban J connectivity index is 1.59. The number of nitrogens with one attached hydrogen (secondary N) is 1. The molecule has 0 fully saturated rings. The fourth-order valence-electron chi connectivity index (χ4n) is 3.12. The lowest BCUT2D eigenvalue weighted by Gasteiger charge is -2.19. The third-order valence-corrected chi connectivity index (χ3v) is 9.03. The highest BCUT2D eigenvalue weighted by molar-refractivity contribution is 9.11. The second kappa shape index (κ2) is 9.41. The average molecular weight is 610 g/mol. The highest BCUT2D eigenvalue weighted by Gasteiger charge is 2.25. The molecule has 0 atom stereocenters. The largest absolute Gasteiger partial charge is 0.320 e. The van der Waals surface area contributed by atoms with Crippen LogP contribution in [0.5, 0.6) is 0 Å². The number of anilines is 1. The van der Waals surface area contributed by atoms with E-state index in [0.29, 0.717) is 35.6 Å². The topological polar surface area (TPSA) is 106 Å². The molecule has 0 unspecified atom stereocenters. The summed E-state index contributed by atoms with van der Waals surface area (Å²) in [5.74, 6) is -0.589. The van der Waals surface area contributed by atoms with Crippen LogP contribution in [0.1, 0.15) is 11.1 Å². The van der Waals surface area contributed by atoms with Gasteiger partial charge in [0.2, 0.25) is 0 Å². The van der Waals surface area contributed by atoms with Gasteiger partial charge in [0.15, 0.2) is 9.84 Å². The van der Waals surface area contributed by atoms with Gasteiger partial charge in [-0.25, -0.2) is 8.42 Å². The number of carbonyl (C=O) groups excluding carboxylic acids is 1. The summed E-state index contributed by atoms with van der Waals surface area (Å²) in [6.07, 6.45) is 1.63. The molecule has 1 N–H and O–H groups in total. The third kappa shape index (κ3) is 5.21. The number of nitro groups is 1. The molecule has 1 aliphatic rings. The third-order valence-electron chi connectivity index (χ3n) is 4.80. The lowest BCUT2D eigenvalue weighted by molar-refractivity contribution is -0.384. The van der Waals surface area contributed by atoms with Crippen LogP contribution in [-0.4, -0.2) is 19.2 Å². The molecule has 1 amide bonds. The summed E-state index contributed by atoms with van der Waals surface area (Å²) in [4.78, 5) is 24.1. The number of nitro benzene ring substituents is 1. The first-order valence-electron chi connectivity index (χ1n) is 9.39. The number of non-ortho nitro benzene ring substituents is 1. The van der Waals surface area contributed by atoms with E-state index in [4.69, 9.17) is 0 Å². The van der Waals surface area contributed by atoms with E-state index < -0.39 is 14.8 Å². The summed E-state index contributed by atoms with van der Waals surface area (Å²) in [5, 5.41) is 13.5. The van der Waals surface area contributed by atoms with Gasteiger partial charge in [-0.3, -0.25) is 14.9 Å². The van der Waals surface area contributed by atoms with Crippen molar-refractivity contribution in [2.75, 3.05) is 5.32 Å². The minimum Gasteiger partial charge on any atom is -0.320 e. The van der Waals surface area contributed by atoms with E-state index in [1.807, 2.05) is 0 Å². The summed E-state index contributed by atoms with van der Waals surface area (Å²) >= 11 is 7.99. The van der Waals surface area contributed by atoms with Crippen LogP contribution in [0.25, 0.3) is 6.08 Å². The van der Waals surface area contributed by atoms with Gasteiger partial charge in [0, 0.05) is 26.0 Å². The Morgan fingerprint density at radius 3 is 2.33 bits per heavy atom. The first-order chi connectivity index (χ1) is 15.6. The number of carbonyl (C=O) groups is 1. The fourth-order valence-corrected chi connectivity index (χ4v) is 7.13. The van der Waals surface area contributed by atoms with Gasteiger partial charge in [-0.15, -0.1) is 0 Å². The van der Waals surface area contributed by atoms with Crippen LogP contribution in [0.3, 0.4) is 0 Å². The zero-order valence-electron chi connectivity index (χ0n) is 16.6. The average Bonchev–Trinajstić information content (AvgIpc) is 2.77. The lowest BCUT2D eigenvalue weighted by atomic mass is 10.2. The standard InChI is InChI=1S/C22H14Br2N2O5S2/c23-17-2-1-3-18(24)16(17)12-33(30,31)15-8-9-20-19(11-15)25-22(27)21(32-20)10-13-4-6-14(7-5-13)26(28)29/h1-11H,12H2,(H,25,27)/b21-10+. The molecule has 3 aromatic rings. The molecule has 0 saturated carbocycles. The van der Waals surface area contributed by atoms with E-state index in [9.17, 15) is 23.3 Å². The molecule has 0 bridgehead atoms. The van der Waals surface area contributed by atoms with Gasteiger partial charge in [0.1, 0.15) is 0 Å². The van der Waals surface area contributed by atoms with Crippen LogP contribution in [0.4, 0.5) is 11.4 Å². The van der Waals surface area contributed by atoms with Gasteiger partial charge in [-0.2, -0.15) is 0 Å². The van der Waals surface area contributed by atoms with E-state index in [2.05, 4.69) is 37.2 Å². The molecule has 0 radical (unpaired) electrons. The second-order valence-electron chi connectivity index (χ2n) is 7.03. The molecule has 4 rings (SSSR count). The van der Waals surface area contributed by atoms with E-state index in [-0.39, 0.29) is 22.2 Å². The van der Waals surface area contributed by atoms with Crippen molar-refractivity contribution in [3.8, 4) is 0 Å². The summed E-state index contributed by atoms with van der Waals surface area (Å²) < 4.78 is 27.4. The van der Waals surface area contributed by atoms with Crippen molar-refractivity contribution in [1.29, 1.82) is 0 Å². The van der Waals surface area contributed by atoms with Crippen molar-refractivity contribution in [3.05, 3.63) is 95.8 Å². The van der Waals surface area contributed by atoms with Crippen molar-refractivity contribution in [1.82, 2.24) is 0 Å². The Morgan fingerprint density at radius 1 is 1.03 bits per heavy atom. The predicted molar refractivity (Wildman–Crippen MR) is 135 cm³/mol. The SMILES string of the molecule is O=C1Nc2cc(S(=O)(=O)Cc3c(Br)cccc3Br)ccc2S/C1=C/c1ccc([N+](=O)[O-])cc1. The molecule has 3 aromatic carbocycles. The number of benzene rings is 3. The molecule has 0 aliphatic carbocycles. The van der Waals surface area contributed by atoms with Gasteiger partial charge < -0.3 is 5.32 Å². The number of thioether (sulfide) groups is 1. The maximum absolute atomic E-state index is 13.0. The maximum Gasteiger partial charge on any atom is 0.269 e. The number of nitrogens with zero attached hydrogens (tertiary/aromatic N) is 1. The molecule has 168 valence electrons. The van der Waals surface area contributed by atoms with E-state index in [0.717, 1.165) is 0 Å². The van der Waals surface area contributed by atoms with E-state index in [1.165, 1.54) is 36.0 Å². The molecule has 11 heteroatoms. The van der Waals surface area contributed by atoms with Gasteiger partial charge >= 0.3 is 0 Å². The van der Waals surface area contributed by atoms with Crippen molar-refractivity contribution in [2.24, 2.45) is 0 Å². The Morgan fingerprint density at radius 2 is 1.70 bits per heavy atom. The lowest BCUT2D eigenvalue weighted by Crippen LogP contribution is -2.18. The number of sulfone groups is 1. The number of rotatable bonds is 5. The van der Waals surface area contributed by atoms with Crippen LogP contribution >= 0.6 is 43.6 Å². The van der Waals surface area contributed by atoms with E-state index >= 15 is 0 Å². The summed E-state index contributed by atoms with van der Waals surface area (Å²) in [6, 6.07) is 15.8. The van der Waals surface area contributed by atoms with E-state index in [1.54, 1.807) is 42.5 Å². The zero-order chi connectivity index (χ0) is 23.8. The van der Waals surface area contributed by atoms with Crippen LogP contribution < -0.4 is 5.32 Å². The summed E-state index contributed by atoms with van der Waals surface area (Å²) in [5.41, 5.74) is 1.63. The van der Waals surface area contributed by atoms with Crippen LogP contribution in [0.15, 0.2) is 84.3 Å². The highest BCUT2D eigenvalue weighted by atomic mass is 79.9. The van der Waals surface area contributed by atoms with Crippen LogP contribution in [0.2, 0.25) is 0 Å². The van der Waals surface area contributed by atoms with Crippen LogP contribution in [-0.2, 0) is 20.4 Å². The van der Waals surface area contributed by atoms with Crippen LogP contribution in [0, 0.1) is 10.1 Å². The Kier molecular flexibility index (Phi) is 6.76. The fraction of sp³-hybridized carbons (Fsp3) is 0.0455. The Labute approximate surface area is 210 Å². The van der Waals surface area contributed by atoms with Crippen molar-refractivity contribution >= 4 is 76.8 Å². The molecular weight excluding hydrogens is 596 g/mol. The maximum atomic E-state index is 13.0. The zero-order valence-corrected chi connectivity index (χ0v) is 21.4.